The summed E-state index contributed by atoms with van der Waals surface area (Å²) in [5, 5.41) is 5.86. The Balaban J connectivity index is 0.00000242. The second kappa shape index (κ2) is 7.80. The lowest BCUT2D eigenvalue weighted by Crippen LogP contribution is -2.18. The molecule has 1 saturated heterocycles. The first-order valence-electron chi connectivity index (χ1n) is 6.93. The van der Waals surface area contributed by atoms with Gasteiger partial charge in [-0.05, 0) is 43.1 Å². The third kappa shape index (κ3) is 4.12. The first-order chi connectivity index (χ1) is 9.97. The number of hydrogen-bond donors (Lipinski definition) is 2. The van der Waals surface area contributed by atoms with E-state index in [4.69, 9.17) is 0 Å². The van der Waals surface area contributed by atoms with Crippen LogP contribution in [-0.2, 0) is 14.6 Å². The molecule has 8 heteroatoms. The number of methoxy groups -OCH3 is 1. The second-order valence-electron chi connectivity index (χ2n) is 4.92. The van der Waals surface area contributed by atoms with Gasteiger partial charge < -0.3 is 10.1 Å². The molecule has 0 aromatic heterocycles. The molecule has 2 rings (SSSR count). The summed E-state index contributed by atoms with van der Waals surface area (Å²) in [7, 11) is -2.02. The number of carbonyl (C=O) groups is 1. The first kappa shape index (κ1) is 18.7. The average Bonchev–Trinajstić information content (AvgIpc) is 3.01. The predicted molar refractivity (Wildman–Crippen MR) is 87.4 cm³/mol. The Morgan fingerprint density at radius 3 is 2.73 bits per heavy atom. The normalized spacial score (nSPS) is 17.6. The summed E-state index contributed by atoms with van der Waals surface area (Å²) in [6.45, 7) is 2.49. The smallest absolute Gasteiger partial charge is 0.411 e. The minimum Gasteiger partial charge on any atom is -0.453 e. The Morgan fingerprint density at radius 1 is 1.45 bits per heavy atom. The minimum absolute atomic E-state index is 0. The monoisotopic (exact) mass is 348 g/mol. The summed E-state index contributed by atoms with van der Waals surface area (Å²) < 4.78 is 29.0. The van der Waals surface area contributed by atoms with Crippen LogP contribution in [0.3, 0.4) is 0 Å². The van der Waals surface area contributed by atoms with Crippen molar-refractivity contribution in [2.75, 3.05) is 24.7 Å². The summed E-state index contributed by atoms with van der Waals surface area (Å²) in [5.41, 5.74) is 1.24. The van der Waals surface area contributed by atoms with Crippen LogP contribution in [0.1, 0.15) is 31.4 Å². The van der Waals surface area contributed by atoms with Crippen molar-refractivity contribution in [2.24, 2.45) is 0 Å². The number of sulfone groups is 1. The molecule has 0 saturated carbocycles. The van der Waals surface area contributed by atoms with Gasteiger partial charge in [-0.15, -0.1) is 12.4 Å². The van der Waals surface area contributed by atoms with Crippen LogP contribution in [0.5, 0.6) is 0 Å². The van der Waals surface area contributed by atoms with Crippen LogP contribution in [-0.4, -0.2) is 33.9 Å². The van der Waals surface area contributed by atoms with Gasteiger partial charge in [-0.25, -0.2) is 13.2 Å². The van der Waals surface area contributed by atoms with Gasteiger partial charge in [0.1, 0.15) is 0 Å². The molecule has 124 valence electrons. The van der Waals surface area contributed by atoms with Gasteiger partial charge in [-0.1, -0.05) is 6.92 Å². The highest BCUT2D eigenvalue weighted by molar-refractivity contribution is 7.91. The standard InChI is InChI=1S/C14H20N2O4S.ClH/c1-3-21(18,19)13-7-6-10(16-14(17)20-2)9-11(13)12-5-4-8-15-12;/h6-7,9,12,15H,3-5,8H2,1-2H3,(H,16,17);1H/t12-;/m1./s1. The van der Waals surface area contributed by atoms with Crippen molar-refractivity contribution in [2.45, 2.75) is 30.7 Å². The number of hydrogen-bond acceptors (Lipinski definition) is 5. The second-order valence-corrected chi connectivity index (χ2v) is 7.17. The molecule has 1 aromatic carbocycles. The maximum absolute atomic E-state index is 12.2. The maximum atomic E-state index is 12.2. The number of ether oxygens (including phenoxy) is 1. The zero-order chi connectivity index (χ0) is 15.5. The van der Waals surface area contributed by atoms with Crippen LogP contribution in [0.2, 0.25) is 0 Å². The van der Waals surface area contributed by atoms with Gasteiger partial charge in [0.2, 0.25) is 0 Å². The van der Waals surface area contributed by atoms with E-state index in [2.05, 4.69) is 15.4 Å². The van der Waals surface area contributed by atoms with Crippen LogP contribution < -0.4 is 10.6 Å². The molecule has 2 N–H and O–H groups in total. The molecule has 0 unspecified atom stereocenters. The van der Waals surface area contributed by atoms with Gasteiger partial charge in [0.05, 0.1) is 17.8 Å². The van der Waals surface area contributed by atoms with Crippen molar-refractivity contribution in [3.8, 4) is 0 Å². The van der Waals surface area contributed by atoms with Gasteiger partial charge in [0.15, 0.2) is 9.84 Å². The zero-order valence-electron chi connectivity index (χ0n) is 12.6. The molecule has 1 aliphatic rings. The van der Waals surface area contributed by atoms with E-state index in [0.29, 0.717) is 16.1 Å². The summed E-state index contributed by atoms with van der Waals surface area (Å²) in [4.78, 5) is 11.6. The number of carbonyl (C=O) groups excluding carboxylic acids is 1. The number of halogens is 1. The lowest BCUT2D eigenvalue weighted by Gasteiger charge is -2.17. The van der Waals surface area contributed by atoms with E-state index in [0.717, 1.165) is 19.4 Å². The summed E-state index contributed by atoms with van der Waals surface area (Å²) in [5.74, 6) is 0.0521. The van der Waals surface area contributed by atoms with Crippen molar-refractivity contribution in [1.82, 2.24) is 5.32 Å². The van der Waals surface area contributed by atoms with E-state index in [1.165, 1.54) is 7.11 Å². The Labute approximate surface area is 136 Å². The lowest BCUT2D eigenvalue weighted by molar-refractivity contribution is 0.187. The van der Waals surface area contributed by atoms with Crippen molar-refractivity contribution < 1.29 is 17.9 Å². The zero-order valence-corrected chi connectivity index (χ0v) is 14.2. The Kier molecular flexibility index (Phi) is 6.65. The van der Waals surface area contributed by atoms with E-state index in [1.54, 1.807) is 25.1 Å². The fraction of sp³-hybridized carbons (Fsp3) is 0.500. The third-order valence-corrected chi connectivity index (χ3v) is 5.39. The van der Waals surface area contributed by atoms with Crippen LogP contribution in [0.15, 0.2) is 23.1 Å². The predicted octanol–water partition coefficient (Wildman–Crippen LogP) is 2.50. The highest BCUT2D eigenvalue weighted by atomic mass is 35.5. The molecule has 0 aliphatic carbocycles. The van der Waals surface area contributed by atoms with Crippen LogP contribution in [0, 0.1) is 0 Å². The molecular formula is C14H21ClN2O4S. The molecule has 6 nitrogen and oxygen atoms in total. The van der Waals surface area contributed by atoms with Gasteiger partial charge in [-0.3, -0.25) is 5.32 Å². The minimum atomic E-state index is -3.30. The van der Waals surface area contributed by atoms with Crippen molar-refractivity contribution >= 4 is 34.0 Å². The molecule has 0 spiro atoms. The van der Waals surface area contributed by atoms with E-state index < -0.39 is 15.9 Å². The number of benzene rings is 1. The highest BCUT2D eigenvalue weighted by Gasteiger charge is 2.25. The largest absolute Gasteiger partial charge is 0.453 e. The van der Waals surface area contributed by atoms with Gasteiger partial charge >= 0.3 is 6.09 Å². The fourth-order valence-electron chi connectivity index (χ4n) is 2.46. The molecule has 0 bridgehead atoms. The van der Waals surface area contributed by atoms with E-state index >= 15 is 0 Å². The van der Waals surface area contributed by atoms with Gasteiger partial charge in [-0.2, -0.15) is 0 Å². The Bertz CT molecular complexity index is 628. The van der Waals surface area contributed by atoms with Crippen molar-refractivity contribution in [3.63, 3.8) is 0 Å². The molecule has 1 amide bonds. The molecule has 1 fully saturated rings. The van der Waals surface area contributed by atoms with E-state index in [-0.39, 0.29) is 24.2 Å². The molecule has 1 aliphatic heterocycles. The molecule has 1 heterocycles. The topological polar surface area (TPSA) is 84.5 Å². The molecule has 1 atom stereocenters. The summed E-state index contributed by atoms with van der Waals surface area (Å²) in [6, 6.07) is 4.85. The number of nitrogens with one attached hydrogen (secondary N) is 2. The Morgan fingerprint density at radius 2 is 2.18 bits per heavy atom. The molecule has 0 radical (unpaired) electrons. The highest BCUT2D eigenvalue weighted by Crippen LogP contribution is 2.31. The third-order valence-electron chi connectivity index (χ3n) is 3.59. The fourth-order valence-corrected chi connectivity index (χ4v) is 3.60. The SMILES string of the molecule is CCS(=O)(=O)c1ccc(NC(=O)OC)cc1[C@H]1CCCN1.Cl. The van der Waals surface area contributed by atoms with Crippen molar-refractivity contribution in [3.05, 3.63) is 23.8 Å². The van der Waals surface area contributed by atoms with E-state index in [9.17, 15) is 13.2 Å². The molecule has 1 aromatic rings. The Hall–Kier alpha value is -1.31. The van der Waals surface area contributed by atoms with Crippen molar-refractivity contribution in [1.29, 1.82) is 0 Å². The molecule has 22 heavy (non-hydrogen) atoms. The number of rotatable bonds is 4. The summed E-state index contributed by atoms with van der Waals surface area (Å²) >= 11 is 0. The molecular weight excluding hydrogens is 328 g/mol. The van der Waals surface area contributed by atoms with E-state index in [1.807, 2.05) is 0 Å². The lowest BCUT2D eigenvalue weighted by atomic mass is 10.0. The number of amides is 1. The van der Waals surface area contributed by atoms with Gasteiger partial charge in [0.25, 0.3) is 0 Å². The average molecular weight is 349 g/mol. The maximum Gasteiger partial charge on any atom is 0.411 e. The number of anilines is 1. The summed E-state index contributed by atoms with van der Waals surface area (Å²) in [6.07, 6.45) is 1.31. The van der Waals surface area contributed by atoms with Gasteiger partial charge in [0, 0.05) is 11.7 Å². The first-order valence-corrected chi connectivity index (χ1v) is 8.58. The van der Waals surface area contributed by atoms with Crippen LogP contribution >= 0.6 is 12.4 Å². The quantitative estimate of drug-likeness (QED) is 0.873. The van der Waals surface area contributed by atoms with Crippen LogP contribution in [0.4, 0.5) is 10.5 Å². The van der Waals surface area contributed by atoms with Crippen LogP contribution in [0.25, 0.3) is 0 Å².